The van der Waals surface area contributed by atoms with Crippen molar-refractivity contribution in [2.24, 2.45) is 23.2 Å². The summed E-state index contributed by atoms with van der Waals surface area (Å²) < 4.78 is 5.94. The number of fused-ring (bicyclic) bond motifs is 1. The highest BCUT2D eigenvalue weighted by molar-refractivity contribution is 5.91. The second kappa shape index (κ2) is 7.11. The number of likely N-dealkylation sites (tertiary alicyclic amines) is 1. The highest BCUT2D eigenvalue weighted by Gasteiger charge is 2.56. The average molecular weight is 421 g/mol. The van der Waals surface area contributed by atoms with Crippen LogP contribution < -0.4 is 5.32 Å². The number of hydrogen-bond donors (Lipinski definition) is 1. The number of carbonyl (C=O) groups excluding carboxylic acids is 2. The van der Waals surface area contributed by atoms with E-state index in [4.69, 9.17) is 4.42 Å². The largest absolute Gasteiger partial charge is 0.459 e. The quantitative estimate of drug-likeness (QED) is 0.772. The second-order valence-corrected chi connectivity index (χ2v) is 10.8. The molecule has 1 aromatic heterocycles. The van der Waals surface area contributed by atoms with Crippen LogP contribution in [0, 0.1) is 23.2 Å². The lowest BCUT2D eigenvalue weighted by Crippen LogP contribution is -2.57. The maximum absolute atomic E-state index is 13.8. The molecular formula is C26H32N2O3. The molecule has 5 aliphatic rings. The molecule has 2 aromatic rings. The fourth-order valence-electron chi connectivity index (χ4n) is 7.56. The third-order valence-corrected chi connectivity index (χ3v) is 8.54. The summed E-state index contributed by atoms with van der Waals surface area (Å²) in [6, 6.07) is 9.32. The van der Waals surface area contributed by atoms with Gasteiger partial charge in [0.15, 0.2) is 0 Å². The lowest BCUT2D eigenvalue weighted by molar-refractivity contribution is -0.160. The summed E-state index contributed by atoms with van der Waals surface area (Å²) in [5, 5.41) is 4.17. The van der Waals surface area contributed by atoms with Gasteiger partial charge < -0.3 is 14.6 Å². The van der Waals surface area contributed by atoms with Gasteiger partial charge in [-0.2, -0.15) is 0 Å². The number of benzene rings is 1. The van der Waals surface area contributed by atoms with Crippen LogP contribution in [0.25, 0.3) is 11.0 Å². The molecule has 2 amide bonds. The Hall–Kier alpha value is -2.30. The minimum absolute atomic E-state index is 0.0384. The van der Waals surface area contributed by atoms with E-state index in [9.17, 15) is 9.59 Å². The van der Waals surface area contributed by atoms with Gasteiger partial charge in [-0.05, 0) is 88.2 Å². The van der Waals surface area contributed by atoms with Gasteiger partial charge in [-0.15, -0.1) is 0 Å². The average Bonchev–Trinajstić information content (AvgIpc) is 3.39. The number of furan rings is 1. The monoisotopic (exact) mass is 420 g/mol. The van der Waals surface area contributed by atoms with Crippen molar-refractivity contribution in [3.8, 4) is 0 Å². The molecular weight excluding hydrogens is 388 g/mol. The number of carbonyl (C=O) groups is 2. The van der Waals surface area contributed by atoms with Gasteiger partial charge >= 0.3 is 0 Å². The SMILES string of the molecule is CC(NC(=O)C1CCCN1C(=O)C12CC3CC(CC(C3)C1)C2)c1cc2ccccc2o1. The molecule has 0 radical (unpaired) electrons. The zero-order chi connectivity index (χ0) is 21.2. The van der Waals surface area contributed by atoms with E-state index in [0.29, 0.717) is 0 Å². The van der Waals surface area contributed by atoms with Gasteiger partial charge in [-0.25, -0.2) is 0 Å². The Labute approximate surface area is 183 Å². The molecule has 5 fully saturated rings. The highest BCUT2D eigenvalue weighted by atomic mass is 16.3. The Kier molecular flexibility index (Phi) is 4.45. The molecule has 5 nitrogen and oxygen atoms in total. The van der Waals surface area contributed by atoms with Crippen LogP contribution in [0.4, 0.5) is 0 Å². The van der Waals surface area contributed by atoms with E-state index < -0.39 is 0 Å². The molecule has 4 saturated carbocycles. The molecule has 31 heavy (non-hydrogen) atoms. The van der Waals surface area contributed by atoms with Crippen LogP contribution in [0.15, 0.2) is 34.7 Å². The molecule has 2 atom stereocenters. The Morgan fingerprint density at radius 3 is 2.45 bits per heavy atom. The minimum atomic E-state index is -0.340. The van der Waals surface area contributed by atoms with E-state index in [2.05, 4.69) is 5.32 Å². The van der Waals surface area contributed by atoms with E-state index in [-0.39, 0.29) is 29.3 Å². The molecule has 1 saturated heterocycles. The molecule has 1 aliphatic heterocycles. The van der Waals surface area contributed by atoms with Gasteiger partial charge in [0.25, 0.3) is 0 Å². The smallest absolute Gasteiger partial charge is 0.243 e. The summed E-state index contributed by atoms with van der Waals surface area (Å²) in [5.41, 5.74) is 0.653. The fourth-order valence-corrected chi connectivity index (χ4v) is 7.56. The van der Waals surface area contributed by atoms with E-state index >= 15 is 0 Å². The first-order valence-corrected chi connectivity index (χ1v) is 12.1. The normalized spacial score (nSPS) is 34.9. The van der Waals surface area contributed by atoms with Crippen LogP contribution >= 0.6 is 0 Å². The summed E-state index contributed by atoms with van der Waals surface area (Å²) >= 11 is 0. The topological polar surface area (TPSA) is 62.6 Å². The summed E-state index contributed by atoms with van der Waals surface area (Å²) in [5.74, 6) is 3.20. The molecule has 5 heteroatoms. The first-order chi connectivity index (χ1) is 15.0. The number of nitrogens with one attached hydrogen (secondary N) is 1. The van der Waals surface area contributed by atoms with Crippen LogP contribution in [0.2, 0.25) is 0 Å². The Balaban J connectivity index is 1.17. The molecule has 4 bridgehead atoms. The maximum Gasteiger partial charge on any atom is 0.243 e. The van der Waals surface area contributed by atoms with Crippen molar-refractivity contribution in [3.05, 3.63) is 36.1 Å². The number of amides is 2. The molecule has 2 unspecified atom stereocenters. The zero-order valence-corrected chi connectivity index (χ0v) is 18.3. The Bertz CT molecular complexity index is 956. The van der Waals surface area contributed by atoms with Crippen molar-refractivity contribution in [1.82, 2.24) is 10.2 Å². The van der Waals surface area contributed by atoms with Crippen molar-refractivity contribution >= 4 is 22.8 Å². The van der Waals surface area contributed by atoms with Crippen molar-refractivity contribution < 1.29 is 14.0 Å². The highest BCUT2D eigenvalue weighted by Crippen LogP contribution is 2.60. The second-order valence-electron chi connectivity index (χ2n) is 10.8. The first kappa shape index (κ1) is 19.4. The molecule has 1 N–H and O–H groups in total. The minimum Gasteiger partial charge on any atom is -0.459 e. The zero-order valence-electron chi connectivity index (χ0n) is 18.3. The number of para-hydroxylation sites is 1. The lowest BCUT2D eigenvalue weighted by Gasteiger charge is -2.56. The van der Waals surface area contributed by atoms with Gasteiger partial charge in [0, 0.05) is 11.9 Å². The predicted molar refractivity (Wildman–Crippen MR) is 118 cm³/mol. The Morgan fingerprint density at radius 2 is 1.77 bits per heavy atom. The summed E-state index contributed by atoms with van der Waals surface area (Å²) in [6.45, 7) is 2.67. The van der Waals surface area contributed by atoms with Crippen molar-refractivity contribution in [2.75, 3.05) is 6.54 Å². The van der Waals surface area contributed by atoms with Crippen LogP contribution in [0.1, 0.15) is 70.1 Å². The van der Waals surface area contributed by atoms with Crippen molar-refractivity contribution in [2.45, 2.75) is 70.4 Å². The van der Waals surface area contributed by atoms with Gasteiger partial charge in [0.1, 0.15) is 17.4 Å². The van der Waals surface area contributed by atoms with Gasteiger partial charge in [0.2, 0.25) is 11.8 Å². The summed E-state index contributed by atoms with van der Waals surface area (Å²) in [7, 11) is 0. The number of rotatable bonds is 4. The molecule has 2 heterocycles. The van der Waals surface area contributed by atoms with E-state index in [1.807, 2.05) is 42.2 Å². The van der Waals surface area contributed by atoms with Gasteiger partial charge in [0.05, 0.1) is 11.5 Å². The first-order valence-electron chi connectivity index (χ1n) is 12.1. The Morgan fingerprint density at radius 1 is 1.10 bits per heavy atom. The molecule has 1 aromatic carbocycles. The van der Waals surface area contributed by atoms with Crippen LogP contribution in [0.3, 0.4) is 0 Å². The van der Waals surface area contributed by atoms with Gasteiger partial charge in [-0.3, -0.25) is 9.59 Å². The summed E-state index contributed by atoms with van der Waals surface area (Å²) in [4.78, 5) is 29.0. The predicted octanol–water partition coefficient (Wildman–Crippen LogP) is 4.82. The van der Waals surface area contributed by atoms with Gasteiger partial charge in [-0.1, -0.05) is 18.2 Å². The third kappa shape index (κ3) is 3.19. The standard InChI is InChI=1S/C26H32N2O3/c1-16(23-12-20-5-2-3-7-22(20)31-23)27-24(29)21-6-4-8-28(21)25(30)26-13-17-9-18(14-26)11-19(10-17)15-26/h2-3,5,7,12,16-19,21H,4,6,8-11,13-15H2,1H3,(H,27,29). The molecule has 0 spiro atoms. The van der Waals surface area contributed by atoms with Crippen LogP contribution in [0.5, 0.6) is 0 Å². The van der Waals surface area contributed by atoms with Crippen molar-refractivity contribution in [3.63, 3.8) is 0 Å². The number of nitrogens with zero attached hydrogens (tertiary/aromatic N) is 1. The van der Waals surface area contributed by atoms with Crippen LogP contribution in [-0.2, 0) is 9.59 Å². The van der Waals surface area contributed by atoms with E-state index in [0.717, 1.165) is 73.1 Å². The fraction of sp³-hybridized carbons (Fsp3) is 0.615. The van der Waals surface area contributed by atoms with E-state index in [1.54, 1.807) is 0 Å². The van der Waals surface area contributed by atoms with Crippen molar-refractivity contribution in [1.29, 1.82) is 0 Å². The van der Waals surface area contributed by atoms with E-state index in [1.165, 1.54) is 19.3 Å². The lowest BCUT2D eigenvalue weighted by atomic mass is 9.49. The molecule has 4 aliphatic carbocycles. The summed E-state index contributed by atoms with van der Waals surface area (Å²) in [6.07, 6.45) is 8.81. The molecule has 7 rings (SSSR count). The number of hydrogen-bond acceptors (Lipinski definition) is 3. The maximum atomic E-state index is 13.8. The third-order valence-electron chi connectivity index (χ3n) is 8.54. The van der Waals surface area contributed by atoms with Crippen LogP contribution in [-0.4, -0.2) is 29.3 Å². The molecule has 164 valence electrons.